The second-order valence-corrected chi connectivity index (χ2v) is 8.25. The van der Waals surface area contributed by atoms with Crippen molar-refractivity contribution in [3.63, 3.8) is 0 Å². The Balaban J connectivity index is 1.79. The average molecular weight is 366 g/mol. The molecule has 3 aliphatic rings. The van der Waals surface area contributed by atoms with E-state index in [0.29, 0.717) is 12.3 Å². The van der Waals surface area contributed by atoms with Gasteiger partial charge in [-0.05, 0) is 37.0 Å². The number of anilines is 1. The van der Waals surface area contributed by atoms with Crippen LogP contribution in [-0.4, -0.2) is 29.6 Å². The summed E-state index contributed by atoms with van der Waals surface area (Å²) >= 11 is 0. The van der Waals surface area contributed by atoms with Crippen LogP contribution in [0.25, 0.3) is 0 Å². The molecule has 1 amide bonds. The summed E-state index contributed by atoms with van der Waals surface area (Å²) in [7, 11) is 0. The molecule has 3 aliphatic heterocycles. The Kier molecular flexibility index (Phi) is 4.04. The second kappa shape index (κ2) is 6.06. The van der Waals surface area contributed by atoms with Crippen LogP contribution in [0.3, 0.4) is 0 Å². The van der Waals surface area contributed by atoms with E-state index >= 15 is 0 Å². The maximum absolute atomic E-state index is 13.4. The minimum absolute atomic E-state index is 0.209. The number of hydrogen-bond donors (Lipinski definition) is 0. The Morgan fingerprint density at radius 2 is 2.00 bits per heavy atom. The standard InChI is InChI=1S/C22H25NO4/c1-12(2)11-17-22-10-9-16(27-22)18(21(25)26)19(22)20(24)23(17)15-7-5-14(6-8-15)13(3)4/h5-10,13,16-19H,1,11H2,2-4H3,(H,25,26)/p-1/t16-,17+,18+,19-,22-/m1/s1. The molecule has 1 aromatic carbocycles. The maximum Gasteiger partial charge on any atom is 0.234 e. The molecule has 1 spiro atoms. The van der Waals surface area contributed by atoms with Crippen LogP contribution in [0.15, 0.2) is 48.6 Å². The summed E-state index contributed by atoms with van der Waals surface area (Å²) in [6.45, 7) is 10.2. The van der Waals surface area contributed by atoms with Crippen molar-refractivity contribution in [2.24, 2.45) is 11.8 Å². The summed E-state index contributed by atoms with van der Waals surface area (Å²) in [6.07, 6.45) is 3.60. The van der Waals surface area contributed by atoms with Crippen molar-refractivity contribution < 1.29 is 19.4 Å². The van der Waals surface area contributed by atoms with Crippen LogP contribution in [0.2, 0.25) is 0 Å². The highest BCUT2D eigenvalue weighted by Gasteiger charge is 2.69. The lowest BCUT2D eigenvalue weighted by molar-refractivity contribution is -0.313. The van der Waals surface area contributed by atoms with Crippen molar-refractivity contribution in [2.75, 3.05) is 4.90 Å². The Morgan fingerprint density at radius 1 is 1.33 bits per heavy atom. The third kappa shape index (κ3) is 2.48. The van der Waals surface area contributed by atoms with Gasteiger partial charge in [0.1, 0.15) is 5.60 Å². The van der Waals surface area contributed by atoms with Crippen LogP contribution >= 0.6 is 0 Å². The molecule has 0 saturated carbocycles. The molecule has 27 heavy (non-hydrogen) atoms. The first-order valence-electron chi connectivity index (χ1n) is 9.41. The first-order chi connectivity index (χ1) is 12.8. The number of hydrogen-bond acceptors (Lipinski definition) is 4. The van der Waals surface area contributed by atoms with E-state index < -0.39 is 29.5 Å². The second-order valence-electron chi connectivity index (χ2n) is 8.25. The first-order valence-corrected chi connectivity index (χ1v) is 9.41. The lowest BCUT2D eigenvalue weighted by atomic mass is 9.74. The van der Waals surface area contributed by atoms with Gasteiger partial charge in [0.2, 0.25) is 5.91 Å². The summed E-state index contributed by atoms with van der Waals surface area (Å²) in [5.74, 6) is -2.75. The van der Waals surface area contributed by atoms with Gasteiger partial charge in [-0.2, -0.15) is 0 Å². The predicted octanol–water partition coefficient (Wildman–Crippen LogP) is 2.18. The van der Waals surface area contributed by atoms with Gasteiger partial charge in [0.05, 0.1) is 18.1 Å². The zero-order valence-electron chi connectivity index (χ0n) is 15.8. The number of carbonyl (C=O) groups excluding carboxylic acids is 2. The Bertz CT molecular complexity index is 840. The van der Waals surface area contributed by atoms with Crippen molar-refractivity contribution in [3.8, 4) is 0 Å². The molecular formula is C22H24NO4-. The zero-order valence-corrected chi connectivity index (χ0v) is 15.8. The van der Waals surface area contributed by atoms with Crippen molar-refractivity contribution in [1.29, 1.82) is 0 Å². The lowest BCUT2D eigenvalue weighted by Gasteiger charge is -2.33. The van der Waals surface area contributed by atoms with Crippen LogP contribution in [-0.2, 0) is 14.3 Å². The third-order valence-corrected chi connectivity index (χ3v) is 6.07. The highest BCUT2D eigenvalue weighted by atomic mass is 16.5. The third-order valence-electron chi connectivity index (χ3n) is 6.07. The fraction of sp³-hybridized carbons (Fsp3) is 0.455. The molecule has 2 bridgehead atoms. The van der Waals surface area contributed by atoms with Gasteiger partial charge in [-0.15, -0.1) is 6.58 Å². The van der Waals surface area contributed by atoms with Gasteiger partial charge < -0.3 is 19.5 Å². The van der Waals surface area contributed by atoms with Gasteiger partial charge in [0.25, 0.3) is 0 Å². The summed E-state index contributed by atoms with van der Waals surface area (Å²) in [4.78, 5) is 26.9. The number of benzene rings is 1. The van der Waals surface area contributed by atoms with Crippen molar-refractivity contribution in [2.45, 2.75) is 50.9 Å². The van der Waals surface area contributed by atoms with Crippen LogP contribution in [0.5, 0.6) is 0 Å². The monoisotopic (exact) mass is 366 g/mol. The number of rotatable bonds is 5. The number of carboxylic acids is 1. The van der Waals surface area contributed by atoms with Crippen molar-refractivity contribution >= 4 is 17.6 Å². The van der Waals surface area contributed by atoms with Gasteiger partial charge >= 0.3 is 0 Å². The van der Waals surface area contributed by atoms with E-state index in [9.17, 15) is 14.7 Å². The highest BCUT2D eigenvalue weighted by molar-refractivity contribution is 6.03. The molecule has 0 radical (unpaired) electrons. The number of ether oxygens (including phenoxy) is 1. The van der Waals surface area contributed by atoms with E-state index in [1.807, 2.05) is 37.3 Å². The van der Waals surface area contributed by atoms with Gasteiger partial charge in [-0.3, -0.25) is 4.79 Å². The smallest absolute Gasteiger partial charge is 0.234 e. The molecule has 0 aliphatic carbocycles. The van der Waals surface area contributed by atoms with Crippen molar-refractivity contribution in [3.05, 3.63) is 54.1 Å². The number of fused-ring (bicyclic) bond motifs is 1. The molecule has 5 nitrogen and oxygen atoms in total. The van der Waals surface area contributed by atoms with E-state index in [4.69, 9.17) is 4.74 Å². The van der Waals surface area contributed by atoms with Crippen LogP contribution in [0, 0.1) is 11.8 Å². The quantitative estimate of drug-likeness (QED) is 0.749. The molecule has 0 N–H and O–H groups in total. The maximum atomic E-state index is 13.4. The number of carbonyl (C=O) groups is 2. The molecule has 142 valence electrons. The first kappa shape index (κ1) is 18.0. The highest BCUT2D eigenvalue weighted by Crippen LogP contribution is 2.56. The summed E-state index contributed by atoms with van der Waals surface area (Å²) < 4.78 is 6.12. The Morgan fingerprint density at radius 3 is 2.56 bits per heavy atom. The normalized spacial score (nSPS) is 33.8. The SMILES string of the molecule is C=C(C)C[C@@H]1N(c2ccc(C(C)C)cc2)C(=O)[C@H]2[C@@H](C(=O)[O-])[C@H]3C=C[C@@]12O3. The van der Waals surface area contributed by atoms with Gasteiger partial charge in [0, 0.05) is 17.6 Å². The number of aliphatic carboxylic acids is 1. The fourth-order valence-electron chi connectivity index (χ4n) is 4.83. The van der Waals surface area contributed by atoms with Gasteiger partial charge in [-0.25, -0.2) is 0 Å². The number of amides is 1. The van der Waals surface area contributed by atoms with Crippen LogP contribution in [0.1, 0.15) is 38.7 Å². The summed E-state index contributed by atoms with van der Waals surface area (Å²) in [6, 6.07) is 7.58. The van der Waals surface area contributed by atoms with Gasteiger partial charge in [0.15, 0.2) is 0 Å². The molecule has 2 fully saturated rings. The fourth-order valence-corrected chi connectivity index (χ4v) is 4.83. The van der Waals surface area contributed by atoms with E-state index in [-0.39, 0.29) is 11.9 Å². The van der Waals surface area contributed by atoms with Crippen LogP contribution < -0.4 is 10.0 Å². The number of nitrogens with zero attached hydrogens (tertiary/aromatic N) is 1. The van der Waals surface area contributed by atoms with E-state index in [2.05, 4.69) is 20.4 Å². The summed E-state index contributed by atoms with van der Waals surface area (Å²) in [5.41, 5.74) is 1.94. The molecule has 0 unspecified atom stereocenters. The molecule has 5 atom stereocenters. The minimum Gasteiger partial charge on any atom is -0.550 e. The molecule has 2 saturated heterocycles. The van der Waals surface area contributed by atoms with Crippen molar-refractivity contribution in [1.82, 2.24) is 0 Å². The largest absolute Gasteiger partial charge is 0.550 e. The van der Waals surface area contributed by atoms with E-state index in [1.165, 1.54) is 5.56 Å². The lowest BCUT2D eigenvalue weighted by Crippen LogP contribution is -2.46. The molecule has 1 aromatic rings. The predicted molar refractivity (Wildman–Crippen MR) is 100.0 cm³/mol. The Hall–Kier alpha value is -2.40. The van der Waals surface area contributed by atoms with E-state index in [0.717, 1.165) is 11.3 Å². The Labute approximate surface area is 159 Å². The van der Waals surface area contributed by atoms with Gasteiger partial charge in [-0.1, -0.05) is 43.7 Å². The molecule has 5 heteroatoms. The molecule has 3 heterocycles. The van der Waals surface area contributed by atoms with E-state index in [1.54, 1.807) is 11.0 Å². The topological polar surface area (TPSA) is 69.7 Å². The van der Waals surface area contributed by atoms with Crippen LogP contribution in [0.4, 0.5) is 5.69 Å². The molecular weight excluding hydrogens is 342 g/mol. The minimum atomic E-state index is -1.23. The average Bonchev–Trinajstić information content (AvgIpc) is 3.24. The number of carboxylic acid groups (broad SMARTS) is 1. The summed E-state index contributed by atoms with van der Waals surface area (Å²) in [5, 5.41) is 11.8. The molecule has 4 rings (SSSR count). The molecule has 0 aromatic heterocycles. The zero-order chi connectivity index (χ0) is 19.5.